The molecule has 0 N–H and O–H groups in total. The summed E-state index contributed by atoms with van der Waals surface area (Å²) >= 11 is 0. The Balaban J connectivity index is 2.17. The normalized spacial score (nSPS) is 25.4. The quantitative estimate of drug-likeness (QED) is 0.515. The van der Waals surface area contributed by atoms with Crippen molar-refractivity contribution < 1.29 is 32.6 Å². The van der Waals surface area contributed by atoms with E-state index in [0.717, 1.165) is 32.1 Å². The maximum absolute atomic E-state index is 13.0. The van der Waals surface area contributed by atoms with Crippen molar-refractivity contribution in [3.8, 4) is 0 Å². The minimum atomic E-state index is -3.65. The molecule has 2 aliphatic rings. The van der Waals surface area contributed by atoms with Gasteiger partial charge < -0.3 is 23.3 Å². The molecule has 134 valence electrons. The molecule has 1 heterocycles. The highest BCUT2D eigenvalue weighted by Crippen LogP contribution is 2.57. The number of esters is 1. The second-order valence-corrected chi connectivity index (χ2v) is 7.92. The summed E-state index contributed by atoms with van der Waals surface area (Å²) in [6.45, 7) is 5.28. The number of carbonyl (C=O) groups is 1. The number of ether oxygens (including phenoxy) is 3. The van der Waals surface area contributed by atoms with Gasteiger partial charge in [0, 0.05) is 19.8 Å². The largest absolute Gasteiger partial charge is 0.447 e. The molecule has 1 saturated carbocycles. The summed E-state index contributed by atoms with van der Waals surface area (Å²) in [6, 6.07) is 0. The molecule has 1 aliphatic carbocycles. The highest BCUT2D eigenvalue weighted by atomic mass is 31.2. The van der Waals surface area contributed by atoms with Gasteiger partial charge in [-0.2, -0.15) is 0 Å². The summed E-state index contributed by atoms with van der Waals surface area (Å²) in [5.41, 5.74) is 0. The number of hydrogen-bond acceptors (Lipinski definition) is 7. The minimum absolute atomic E-state index is 0.188. The highest BCUT2D eigenvalue weighted by molar-refractivity contribution is 7.54. The molecule has 1 aliphatic heterocycles. The lowest BCUT2D eigenvalue weighted by atomic mass is 9.94. The topological polar surface area (TPSA) is 80.3 Å². The molecule has 1 spiro atoms. The molecule has 0 aromatic carbocycles. The third kappa shape index (κ3) is 4.54. The van der Waals surface area contributed by atoms with Gasteiger partial charge in [-0.3, -0.25) is 9.36 Å². The molecule has 0 unspecified atom stereocenters. The summed E-state index contributed by atoms with van der Waals surface area (Å²) in [5, 5.41) is 0. The van der Waals surface area contributed by atoms with Crippen LogP contribution in [0.4, 0.5) is 0 Å². The average molecular weight is 350 g/mol. The molecule has 0 radical (unpaired) electrons. The van der Waals surface area contributed by atoms with Crippen molar-refractivity contribution in [1.82, 2.24) is 0 Å². The van der Waals surface area contributed by atoms with Gasteiger partial charge in [0.25, 0.3) is 0 Å². The number of hydrogen-bond donors (Lipinski definition) is 0. The molecule has 8 heteroatoms. The molecule has 0 amide bonds. The predicted molar refractivity (Wildman–Crippen MR) is 83.1 cm³/mol. The standard InChI is InChI=1S/C15H27O7P/c1-4-19-23(17,20-5-2)14(21-12(3)16)13-11-18-15(22-13)9-7-6-8-10-15/h13-14H,4-11H2,1-3H3/t13-,14-/m1/s1. The fraction of sp³-hybridized carbons (Fsp3) is 0.933. The van der Waals surface area contributed by atoms with Crippen LogP contribution in [0.1, 0.15) is 52.9 Å². The third-order valence-corrected chi connectivity index (χ3v) is 6.32. The van der Waals surface area contributed by atoms with E-state index in [0.29, 0.717) is 0 Å². The maximum Gasteiger partial charge on any atom is 0.373 e. The van der Waals surface area contributed by atoms with E-state index in [-0.39, 0.29) is 19.8 Å². The third-order valence-electron chi connectivity index (χ3n) is 4.03. The van der Waals surface area contributed by atoms with Crippen LogP contribution in [0.25, 0.3) is 0 Å². The summed E-state index contributed by atoms with van der Waals surface area (Å²) in [6.07, 6.45) is 4.15. The fourth-order valence-electron chi connectivity index (χ4n) is 3.13. The van der Waals surface area contributed by atoms with Crippen LogP contribution in [0.2, 0.25) is 0 Å². The van der Waals surface area contributed by atoms with Crippen molar-refractivity contribution in [3.63, 3.8) is 0 Å². The van der Waals surface area contributed by atoms with Gasteiger partial charge in [0.15, 0.2) is 5.79 Å². The summed E-state index contributed by atoms with van der Waals surface area (Å²) in [4.78, 5) is 11.5. The first-order valence-corrected chi connectivity index (χ1v) is 9.93. The molecule has 1 saturated heterocycles. The lowest BCUT2D eigenvalue weighted by molar-refractivity contribution is -0.196. The van der Waals surface area contributed by atoms with E-state index in [1.807, 2.05) is 0 Å². The molecule has 0 aromatic heterocycles. The predicted octanol–water partition coefficient (Wildman–Crippen LogP) is 3.22. The van der Waals surface area contributed by atoms with E-state index >= 15 is 0 Å². The van der Waals surface area contributed by atoms with Gasteiger partial charge in [0.2, 0.25) is 5.85 Å². The van der Waals surface area contributed by atoms with Crippen LogP contribution in [0.5, 0.6) is 0 Å². The molecule has 23 heavy (non-hydrogen) atoms. The monoisotopic (exact) mass is 350 g/mol. The van der Waals surface area contributed by atoms with Crippen molar-refractivity contribution in [2.24, 2.45) is 0 Å². The Morgan fingerprint density at radius 3 is 2.35 bits per heavy atom. The van der Waals surface area contributed by atoms with E-state index in [4.69, 9.17) is 23.3 Å². The second kappa shape index (κ2) is 8.08. The molecule has 2 atom stereocenters. The summed E-state index contributed by atoms with van der Waals surface area (Å²) in [5.74, 6) is -2.31. The lowest BCUT2D eigenvalue weighted by Crippen LogP contribution is -2.38. The van der Waals surface area contributed by atoms with Crippen LogP contribution in [-0.4, -0.2) is 43.5 Å². The van der Waals surface area contributed by atoms with E-state index in [9.17, 15) is 9.36 Å². The molecule has 7 nitrogen and oxygen atoms in total. The van der Waals surface area contributed by atoms with Gasteiger partial charge >= 0.3 is 13.6 Å². The zero-order valence-electron chi connectivity index (χ0n) is 14.1. The lowest BCUT2D eigenvalue weighted by Gasteiger charge is -2.33. The van der Waals surface area contributed by atoms with Gasteiger partial charge in [-0.05, 0) is 26.7 Å². The van der Waals surface area contributed by atoms with Crippen molar-refractivity contribution in [3.05, 3.63) is 0 Å². The Labute approximate surface area is 137 Å². The first-order chi connectivity index (χ1) is 10.9. The molecule has 2 rings (SSSR count). The van der Waals surface area contributed by atoms with Crippen molar-refractivity contribution in [1.29, 1.82) is 0 Å². The zero-order chi connectivity index (χ0) is 16.9. The molecule has 2 fully saturated rings. The van der Waals surface area contributed by atoms with Crippen molar-refractivity contribution in [2.75, 3.05) is 19.8 Å². The van der Waals surface area contributed by atoms with E-state index in [1.54, 1.807) is 13.8 Å². The Kier molecular flexibility index (Phi) is 6.63. The van der Waals surface area contributed by atoms with Gasteiger partial charge in [0.1, 0.15) is 6.10 Å². The van der Waals surface area contributed by atoms with Crippen molar-refractivity contribution in [2.45, 2.75) is 70.6 Å². The van der Waals surface area contributed by atoms with Gasteiger partial charge in [-0.25, -0.2) is 0 Å². The first-order valence-electron chi connectivity index (χ1n) is 8.32. The van der Waals surface area contributed by atoms with E-state index in [1.165, 1.54) is 6.92 Å². The zero-order valence-corrected chi connectivity index (χ0v) is 15.0. The Morgan fingerprint density at radius 2 is 1.83 bits per heavy atom. The second-order valence-electron chi connectivity index (χ2n) is 5.81. The van der Waals surface area contributed by atoms with Crippen molar-refractivity contribution >= 4 is 13.6 Å². The summed E-state index contributed by atoms with van der Waals surface area (Å²) in [7, 11) is -3.65. The van der Waals surface area contributed by atoms with Crippen LogP contribution < -0.4 is 0 Å². The minimum Gasteiger partial charge on any atom is -0.447 e. The highest BCUT2D eigenvalue weighted by Gasteiger charge is 2.52. The van der Waals surface area contributed by atoms with Gasteiger partial charge in [-0.1, -0.05) is 6.42 Å². The Morgan fingerprint density at radius 1 is 1.22 bits per heavy atom. The van der Waals surface area contributed by atoms with Crippen LogP contribution in [0, 0.1) is 0 Å². The first kappa shape index (κ1) is 18.9. The van der Waals surface area contributed by atoms with E-state index < -0.39 is 31.3 Å². The molecular formula is C15H27O7P. The molecule has 0 bridgehead atoms. The smallest absolute Gasteiger partial charge is 0.373 e. The van der Waals surface area contributed by atoms with Gasteiger partial charge in [-0.15, -0.1) is 0 Å². The number of rotatable bonds is 7. The van der Waals surface area contributed by atoms with Crippen LogP contribution in [-0.2, 0) is 32.6 Å². The summed E-state index contributed by atoms with van der Waals surface area (Å²) < 4.78 is 40.9. The maximum atomic E-state index is 13.0. The Bertz CT molecular complexity index is 437. The fourth-order valence-corrected chi connectivity index (χ4v) is 5.05. The average Bonchev–Trinajstić information content (AvgIpc) is 2.89. The van der Waals surface area contributed by atoms with Crippen LogP contribution in [0.3, 0.4) is 0 Å². The SMILES string of the molecule is CCOP(=O)(OCC)[C@@H](OC(C)=O)[C@H]1COC2(CCCCC2)O1. The Hall–Kier alpha value is -0.460. The molecule has 0 aromatic rings. The number of carbonyl (C=O) groups excluding carboxylic acids is 1. The van der Waals surface area contributed by atoms with Crippen LogP contribution in [0.15, 0.2) is 0 Å². The van der Waals surface area contributed by atoms with E-state index in [2.05, 4.69) is 0 Å². The molecular weight excluding hydrogens is 323 g/mol. The van der Waals surface area contributed by atoms with Crippen LogP contribution >= 0.6 is 7.60 Å². The van der Waals surface area contributed by atoms with Gasteiger partial charge in [0.05, 0.1) is 19.8 Å².